The summed E-state index contributed by atoms with van der Waals surface area (Å²) in [7, 11) is 0. The molecule has 2 aromatic rings. The maximum Gasteiger partial charge on any atom is 0.0991 e. The van der Waals surface area contributed by atoms with E-state index in [1.807, 2.05) is 30.3 Å². The molecule has 0 aliphatic heterocycles. The van der Waals surface area contributed by atoms with Crippen LogP contribution in [0.5, 0.6) is 0 Å². The highest BCUT2D eigenvalue weighted by molar-refractivity contribution is 6.31. The molecular formula is C15H14ClN3. The number of hydrogen-bond acceptors (Lipinski definition) is 3. The summed E-state index contributed by atoms with van der Waals surface area (Å²) in [6, 6.07) is 11.8. The van der Waals surface area contributed by atoms with Gasteiger partial charge in [0.2, 0.25) is 0 Å². The van der Waals surface area contributed by atoms with Crippen molar-refractivity contribution in [2.24, 2.45) is 0 Å². The minimum Gasteiger partial charge on any atom is -0.306 e. The fourth-order valence-electron chi connectivity index (χ4n) is 1.77. The molecule has 3 nitrogen and oxygen atoms in total. The van der Waals surface area contributed by atoms with Gasteiger partial charge in [0.1, 0.15) is 0 Å². The van der Waals surface area contributed by atoms with Crippen molar-refractivity contribution in [2.75, 3.05) is 0 Å². The van der Waals surface area contributed by atoms with Gasteiger partial charge < -0.3 is 5.32 Å². The number of pyridine rings is 1. The first kappa shape index (κ1) is 13.5. The minimum absolute atomic E-state index is 0.192. The lowest BCUT2D eigenvalue weighted by Gasteiger charge is -2.14. The quantitative estimate of drug-likeness (QED) is 0.926. The van der Waals surface area contributed by atoms with Crippen LogP contribution in [0.2, 0.25) is 5.02 Å². The summed E-state index contributed by atoms with van der Waals surface area (Å²) in [4.78, 5) is 3.96. The Labute approximate surface area is 117 Å². The van der Waals surface area contributed by atoms with E-state index in [-0.39, 0.29) is 6.04 Å². The fourth-order valence-corrected chi connectivity index (χ4v) is 1.96. The van der Waals surface area contributed by atoms with Crippen LogP contribution in [0.1, 0.15) is 29.7 Å². The molecule has 1 aromatic carbocycles. The highest BCUT2D eigenvalue weighted by Crippen LogP contribution is 2.17. The third kappa shape index (κ3) is 3.54. The number of nitrogens with zero attached hydrogens (tertiary/aromatic N) is 2. The van der Waals surface area contributed by atoms with E-state index in [4.69, 9.17) is 16.9 Å². The first-order chi connectivity index (χ1) is 9.20. The van der Waals surface area contributed by atoms with E-state index < -0.39 is 0 Å². The molecule has 19 heavy (non-hydrogen) atoms. The fraction of sp³-hybridized carbons (Fsp3) is 0.200. The van der Waals surface area contributed by atoms with E-state index in [0.717, 1.165) is 11.1 Å². The lowest BCUT2D eigenvalue weighted by molar-refractivity contribution is 0.574. The summed E-state index contributed by atoms with van der Waals surface area (Å²) in [5.41, 5.74) is 2.84. The molecule has 2 rings (SSSR count). The second-order valence-electron chi connectivity index (χ2n) is 4.30. The van der Waals surface area contributed by atoms with Gasteiger partial charge in [-0.15, -0.1) is 0 Å². The van der Waals surface area contributed by atoms with Gasteiger partial charge in [-0.3, -0.25) is 4.98 Å². The van der Waals surface area contributed by atoms with Crippen LogP contribution in [0.3, 0.4) is 0 Å². The summed E-state index contributed by atoms with van der Waals surface area (Å²) in [6.07, 6.45) is 3.38. The topological polar surface area (TPSA) is 48.7 Å². The summed E-state index contributed by atoms with van der Waals surface area (Å²) in [5, 5.41) is 12.8. The van der Waals surface area contributed by atoms with Crippen LogP contribution in [0.15, 0.2) is 42.7 Å². The molecule has 1 heterocycles. The third-order valence-electron chi connectivity index (χ3n) is 2.99. The lowest BCUT2D eigenvalue weighted by atomic mass is 10.1. The molecule has 1 atom stereocenters. The molecule has 0 fully saturated rings. The van der Waals surface area contributed by atoms with Crippen molar-refractivity contribution >= 4 is 11.6 Å². The molecule has 1 unspecified atom stereocenters. The normalized spacial score (nSPS) is 11.8. The average Bonchev–Trinajstić information content (AvgIpc) is 2.46. The van der Waals surface area contributed by atoms with E-state index in [2.05, 4.69) is 23.3 Å². The van der Waals surface area contributed by atoms with Crippen molar-refractivity contribution in [2.45, 2.75) is 19.5 Å². The zero-order valence-corrected chi connectivity index (χ0v) is 11.4. The smallest absolute Gasteiger partial charge is 0.0991 e. The number of benzene rings is 1. The Morgan fingerprint density at radius 1 is 1.32 bits per heavy atom. The predicted octanol–water partition coefficient (Wildman–Crippen LogP) is 3.46. The number of halogens is 1. The summed E-state index contributed by atoms with van der Waals surface area (Å²) >= 11 is 6.05. The van der Waals surface area contributed by atoms with E-state index in [0.29, 0.717) is 17.1 Å². The molecule has 0 amide bonds. The third-order valence-corrected chi connectivity index (χ3v) is 3.34. The second-order valence-corrected chi connectivity index (χ2v) is 4.71. The maximum absolute atomic E-state index is 8.76. The van der Waals surface area contributed by atoms with E-state index in [9.17, 15) is 0 Å². The number of hydrogen-bond donors (Lipinski definition) is 1. The molecule has 1 aromatic heterocycles. The van der Waals surface area contributed by atoms with Gasteiger partial charge in [0.25, 0.3) is 0 Å². The molecule has 0 saturated carbocycles. The van der Waals surface area contributed by atoms with Gasteiger partial charge in [0, 0.05) is 25.0 Å². The Bertz CT molecular complexity index is 587. The predicted molar refractivity (Wildman–Crippen MR) is 75.7 cm³/mol. The van der Waals surface area contributed by atoms with Crippen molar-refractivity contribution in [3.05, 3.63) is 64.4 Å². The first-order valence-corrected chi connectivity index (χ1v) is 6.40. The Morgan fingerprint density at radius 3 is 2.68 bits per heavy atom. The van der Waals surface area contributed by atoms with Crippen LogP contribution in [-0.4, -0.2) is 4.98 Å². The second kappa shape index (κ2) is 6.33. The van der Waals surface area contributed by atoms with Crippen molar-refractivity contribution < 1.29 is 0 Å². The highest BCUT2D eigenvalue weighted by Gasteiger charge is 2.06. The van der Waals surface area contributed by atoms with Crippen LogP contribution >= 0.6 is 11.6 Å². The minimum atomic E-state index is 0.192. The molecule has 0 aliphatic carbocycles. The van der Waals surface area contributed by atoms with Crippen molar-refractivity contribution in [1.82, 2.24) is 10.3 Å². The van der Waals surface area contributed by atoms with Gasteiger partial charge >= 0.3 is 0 Å². The van der Waals surface area contributed by atoms with Gasteiger partial charge in [-0.2, -0.15) is 5.26 Å². The van der Waals surface area contributed by atoms with E-state index >= 15 is 0 Å². The Kier molecular flexibility index (Phi) is 4.51. The molecule has 0 aliphatic rings. The van der Waals surface area contributed by atoms with E-state index in [1.165, 1.54) is 0 Å². The Hall–Kier alpha value is -1.89. The molecule has 1 N–H and O–H groups in total. The van der Waals surface area contributed by atoms with Crippen LogP contribution in [0, 0.1) is 11.3 Å². The van der Waals surface area contributed by atoms with Crippen molar-refractivity contribution in [3.8, 4) is 6.07 Å². The van der Waals surface area contributed by atoms with Gasteiger partial charge in [0.05, 0.1) is 16.7 Å². The molecule has 0 bridgehead atoms. The largest absolute Gasteiger partial charge is 0.306 e. The van der Waals surface area contributed by atoms with Gasteiger partial charge in [-0.05, 0) is 36.2 Å². The number of nitriles is 1. The van der Waals surface area contributed by atoms with Gasteiger partial charge in [-0.25, -0.2) is 0 Å². The summed E-state index contributed by atoms with van der Waals surface area (Å²) in [6.45, 7) is 2.76. The molecule has 0 radical (unpaired) electrons. The SMILES string of the molecule is CC(NCc1ccncc1Cl)c1ccc(C#N)cc1. The van der Waals surface area contributed by atoms with Crippen LogP contribution in [0.4, 0.5) is 0 Å². The molecule has 0 spiro atoms. The Morgan fingerprint density at radius 2 is 2.05 bits per heavy atom. The standard InChI is InChI=1S/C15H14ClN3/c1-11(13-4-2-12(8-17)3-5-13)19-9-14-6-7-18-10-15(14)16/h2-7,10-11,19H,9H2,1H3. The van der Waals surface area contributed by atoms with Gasteiger partial charge in [-0.1, -0.05) is 23.7 Å². The number of aromatic nitrogens is 1. The van der Waals surface area contributed by atoms with Crippen LogP contribution in [-0.2, 0) is 6.54 Å². The van der Waals surface area contributed by atoms with Crippen molar-refractivity contribution in [3.63, 3.8) is 0 Å². The highest BCUT2D eigenvalue weighted by atomic mass is 35.5. The molecular weight excluding hydrogens is 258 g/mol. The summed E-state index contributed by atoms with van der Waals surface area (Å²) < 4.78 is 0. The maximum atomic E-state index is 8.76. The van der Waals surface area contributed by atoms with Crippen LogP contribution in [0.25, 0.3) is 0 Å². The van der Waals surface area contributed by atoms with E-state index in [1.54, 1.807) is 12.4 Å². The summed E-state index contributed by atoms with van der Waals surface area (Å²) in [5.74, 6) is 0. The lowest BCUT2D eigenvalue weighted by Crippen LogP contribution is -2.18. The monoisotopic (exact) mass is 271 g/mol. The van der Waals surface area contributed by atoms with Crippen molar-refractivity contribution in [1.29, 1.82) is 5.26 Å². The molecule has 96 valence electrons. The van der Waals surface area contributed by atoms with Crippen LogP contribution < -0.4 is 5.32 Å². The first-order valence-electron chi connectivity index (χ1n) is 6.02. The number of nitrogens with one attached hydrogen (secondary N) is 1. The zero-order chi connectivity index (χ0) is 13.7. The number of rotatable bonds is 4. The zero-order valence-electron chi connectivity index (χ0n) is 10.6. The Balaban J connectivity index is 1.99. The molecule has 0 saturated heterocycles. The molecule has 4 heteroatoms. The van der Waals surface area contributed by atoms with Gasteiger partial charge in [0.15, 0.2) is 0 Å². The average molecular weight is 272 g/mol.